The van der Waals surface area contributed by atoms with Crippen LogP contribution in [0.5, 0.6) is 0 Å². The monoisotopic (exact) mass is 286 g/mol. The van der Waals surface area contributed by atoms with Crippen LogP contribution in [0.25, 0.3) is 6.08 Å². The zero-order chi connectivity index (χ0) is 14.5. The van der Waals surface area contributed by atoms with Crippen molar-refractivity contribution in [1.29, 1.82) is 5.26 Å². The Hall–Kier alpha value is -2.85. The van der Waals surface area contributed by atoms with Crippen molar-refractivity contribution in [2.24, 2.45) is 5.73 Å². The molecule has 2 aromatic heterocycles. The number of anilines is 1. The van der Waals surface area contributed by atoms with E-state index in [0.717, 1.165) is 11.3 Å². The molecule has 20 heavy (non-hydrogen) atoms. The second-order valence-corrected chi connectivity index (χ2v) is 4.69. The van der Waals surface area contributed by atoms with Gasteiger partial charge in [0.25, 0.3) is 11.8 Å². The van der Waals surface area contributed by atoms with Crippen LogP contribution in [0.2, 0.25) is 0 Å². The van der Waals surface area contributed by atoms with Gasteiger partial charge in [-0.25, -0.2) is 0 Å². The van der Waals surface area contributed by atoms with Gasteiger partial charge in [0.15, 0.2) is 0 Å². The van der Waals surface area contributed by atoms with Gasteiger partial charge in [0, 0.05) is 11.9 Å². The van der Waals surface area contributed by atoms with Gasteiger partial charge in [-0.05, 0) is 29.7 Å². The van der Waals surface area contributed by atoms with Crippen LogP contribution in [-0.2, 0) is 4.79 Å². The molecule has 2 amide bonds. The number of amides is 2. The quantitative estimate of drug-likeness (QED) is 0.587. The summed E-state index contributed by atoms with van der Waals surface area (Å²) >= 11 is 1.13. The number of primary amides is 1. The van der Waals surface area contributed by atoms with Crippen molar-refractivity contribution < 1.29 is 9.59 Å². The number of H-pyrrole nitrogens is 1. The lowest BCUT2D eigenvalue weighted by Crippen LogP contribution is -2.17. The molecule has 0 spiro atoms. The molecule has 4 N–H and O–H groups in total. The van der Waals surface area contributed by atoms with Crippen LogP contribution < -0.4 is 11.1 Å². The zero-order valence-electron chi connectivity index (χ0n) is 10.2. The van der Waals surface area contributed by atoms with Crippen molar-refractivity contribution in [3.8, 4) is 6.07 Å². The maximum Gasteiger partial charge on any atom is 0.266 e. The van der Waals surface area contributed by atoms with Gasteiger partial charge in [-0.15, -0.1) is 11.3 Å². The van der Waals surface area contributed by atoms with E-state index in [9.17, 15) is 9.59 Å². The van der Waals surface area contributed by atoms with Gasteiger partial charge in [0.05, 0.1) is 5.69 Å². The number of aromatic nitrogens is 1. The fourth-order valence-corrected chi connectivity index (χ4v) is 2.23. The summed E-state index contributed by atoms with van der Waals surface area (Å²) < 4.78 is 0. The molecule has 0 aromatic carbocycles. The Morgan fingerprint density at radius 2 is 2.25 bits per heavy atom. The maximum atomic E-state index is 12.0. The molecule has 0 fully saturated rings. The highest BCUT2D eigenvalue weighted by Gasteiger charge is 2.15. The Morgan fingerprint density at radius 3 is 2.85 bits per heavy atom. The van der Waals surface area contributed by atoms with Crippen LogP contribution in [0.3, 0.4) is 0 Å². The van der Waals surface area contributed by atoms with Gasteiger partial charge in [0.2, 0.25) is 0 Å². The SMILES string of the molecule is N#C/C(=C/c1ccc[nH]1)C(=O)Nc1ccsc1C(N)=O. The van der Waals surface area contributed by atoms with Crippen molar-refractivity contribution in [1.82, 2.24) is 4.98 Å². The predicted molar refractivity (Wildman–Crippen MR) is 75.8 cm³/mol. The number of carbonyl (C=O) groups is 2. The van der Waals surface area contributed by atoms with Gasteiger partial charge in [-0.3, -0.25) is 9.59 Å². The minimum Gasteiger partial charge on any atom is -0.365 e. The van der Waals surface area contributed by atoms with Crippen molar-refractivity contribution >= 4 is 34.9 Å². The first-order chi connectivity index (χ1) is 9.61. The minimum atomic E-state index is -0.623. The molecule has 6 nitrogen and oxygen atoms in total. The van der Waals surface area contributed by atoms with Crippen molar-refractivity contribution in [3.05, 3.63) is 45.9 Å². The number of nitrogens with one attached hydrogen (secondary N) is 2. The molecule has 0 aliphatic carbocycles. The summed E-state index contributed by atoms with van der Waals surface area (Å²) in [5.74, 6) is -1.22. The highest BCUT2D eigenvalue weighted by molar-refractivity contribution is 7.12. The van der Waals surface area contributed by atoms with Gasteiger partial charge >= 0.3 is 0 Å². The van der Waals surface area contributed by atoms with Gasteiger partial charge in [-0.2, -0.15) is 5.26 Å². The third kappa shape index (κ3) is 2.93. The molecular formula is C13H10N4O2S. The highest BCUT2D eigenvalue weighted by Crippen LogP contribution is 2.22. The lowest BCUT2D eigenvalue weighted by Gasteiger charge is -2.03. The van der Waals surface area contributed by atoms with Crippen molar-refractivity contribution in [2.75, 3.05) is 5.32 Å². The van der Waals surface area contributed by atoms with E-state index in [1.165, 1.54) is 6.08 Å². The number of hydrogen-bond donors (Lipinski definition) is 3. The van der Waals surface area contributed by atoms with E-state index in [4.69, 9.17) is 11.0 Å². The Balaban J connectivity index is 2.21. The summed E-state index contributed by atoms with van der Waals surface area (Å²) in [5, 5.41) is 13.2. The van der Waals surface area contributed by atoms with Gasteiger partial charge in [-0.1, -0.05) is 0 Å². The first-order valence-corrected chi connectivity index (χ1v) is 6.43. The zero-order valence-corrected chi connectivity index (χ0v) is 11.0. The second kappa shape index (κ2) is 5.86. The molecule has 2 heterocycles. The molecule has 0 atom stereocenters. The van der Waals surface area contributed by atoms with Crippen molar-refractivity contribution in [3.63, 3.8) is 0 Å². The molecule has 2 rings (SSSR count). The third-order valence-electron chi connectivity index (χ3n) is 2.42. The number of nitrogens with zero attached hydrogens (tertiary/aromatic N) is 1. The van der Waals surface area contributed by atoms with E-state index in [2.05, 4.69) is 10.3 Å². The van der Waals surface area contributed by atoms with E-state index in [-0.39, 0.29) is 10.5 Å². The molecule has 2 aromatic rings. The molecule has 0 saturated carbocycles. The summed E-state index contributed by atoms with van der Waals surface area (Å²) in [4.78, 5) is 26.2. The Bertz CT molecular complexity index is 707. The first-order valence-electron chi connectivity index (χ1n) is 5.55. The minimum absolute atomic E-state index is 0.0749. The molecule has 0 unspecified atom stereocenters. The molecular weight excluding hydrogens is 276 g/mol. The second-order valence-electron chi connectivity index (χ2n) is 3.78. The number of carbonyl (C=O) groups excluding carboxylic acids is 2. The van der Waals surface area contributed by atoms with Crippen LogP contribution in [0, 0.1) is 11.3 Å². The summed E-state index contributed by atoms with van der Waals surface area (Å²) in [5.41, 5.74) is 6.06. The summed E-state index contributed by atoms with van der Waals surface area (Å²) in [6.45, 7) is 0. The molecule has 100 valence electrons. The van der Waals surface area contributed by atoms with E-state index in [1.807, 2.05) is 6.07 Å². The largest absolute Gasteiger partial charge is 0.365 e. The van der Waals surface area contributed by atoms with Crippen LogP contribution >= 0.6 is 11.3 Å². The summed E-state index contributed by atoms with van der Waals surface area (Å²) in [7, 11) is 0. The third-order valence-corrected chi connectivity index (χ3v) is 3.35. The molecule has 0 saturated heterocycles. The number of aromatic amines is 1. The van der Waals surface area contributed by atoms with Gasteiger partial charge in [0.1, 0.15) is 16.5 Å². The highest BCUT2D eigenvalue weighted by atomic mass is 32.1. The topological polar surface area (TPSA) is 112 Å². The van der Waals surface area contributed by atoms with Crippen LogP contribution in [0.4, 0.5) is 5.69 Å². The molecule has 0 aliphatic heterocycles. The Kier molecular flexibility index (Phi) is 3.98. The van der Waals surface area contributed by atoms with Crippen molar-refractivity contribution in [2.45, 2.75) is 0 Å². The average Bonchev–Trinajstić information content (AvgIpc) is 3.06. The first kappa shape index (κ1) is 13.6. The lowest BCUT2D eigenvalue weighted by molar-refractivity contribution is -0.112. The number of thiophene rings is 1. The van der Waals surface area contributed by atoms with Crippen LogP contribution in [0.15, 0.2) is 35.3 Å². The number of hydrogen-bond acceptors (Lipinski definition) is 4. The fraction of sp³-hybridized carbons (Fsp3) is 0. The maximum absolute atomic E-state index is 12.0. The predicted octanol–water partition coefficient (Wildman–Crippen LogP) is 1.72. The van der Waals surface area contributed by atoms with Crippen LogP contribution in [-0.4, -0.2) is 16.8 Å². The van der Waals surface area contributed by atoms with E-state index in [0.29, 0.717) is 11.4 Å². The molecule has 7 heteroatoms. The normalized spacial score (nSPS) is 10.8. The van der Waals surface area contributed by atoms with E-state index in [1.54, 1.807) is 29.8 Å². The van der Waals surface area contributed by atoms with E-state index >= 15 is 0 Å². The average molecular weight is 286 g/mol. The summed E-state index contributed by atoms with van der Waals surface area (Å²) in [6.07, 6.45) is 3.11. The summed E-state index contributed by atoms with van der Waals surface area (Å²) in [6, 6.07) is 6.86. The van der Waals surface area contributed by atoms with E-state index < -0.39 is 11.8 Å². The smallest absolute Gasteiger partial charge is 0.266 e. The number of rotatable bonds is 4. The lowest BCUT2D eigenvalue weighted by atomic mass is 10.2. The van der Waals surface area contributed by atoms with Crippen LogP contribution in [0.1, 0.15) is 15.4 Å². The number of nitrogens with two attached hydrogens (primary N) is 1. The Labute approximate surface area is 118 Å². The molecule has 0 aliphatic rings. The standard InChI is InChI=1S/C13H10N4O2S/c14-7-8(6-9-2-1-4-16-9)13(19)17-10-3-5-20-11(10)12(15)18/h1-6,16H,(H2,15,18)(H,17,19)/b8-6-. The number of nitriles is 1. The molecule has 0 bridgehead atoms. The van der Waals surface area contributed by atoms with Gasteiger partial charge < -0.3 is 16.0 Å². The Morgan fingerprint density at radius 1 is 1.45 bits per heavy atom. The molecule has 0 radical (unpaired) electrons. The fourth-order valence-electron chi connectivity index (χ4n) is 1.53.